The van der Waals surface area contributed by atoms with E-state index in [1.54, 1.807) is 24.3 Å². The summed E-state index contributed by atoms with van der Waals surface area (Å²) in [6.45, 7) is 4.16. The number of alkyl halides is 3. The van der Waals surface area contributed by atoms with Gasteiger partial charge in [0.2, 0.25) is 10.0 Å². The number of carbonyl (C=O) groups is 1. The van der Waals surface area contributed by atoms with Crippen molar-refractivity contribution in [3.05, 3.63) is 59.7 Å². The van der Waals surface area contributed by atoms with Crippen molar-refractivity contribution in [2.24, 2.45) is 5.41 Å². The molecule has 0 N–H and O–H groups in total. The lowest BCUT2D eigenvalue weighted by Crippen LogP contribution is -2.45. The first-order chi connectivity index (χ1) is 14.4. The third kappa shape index (κ3) is 5.65. The highest BCUT2D eigenvalue weighted by Crippen LogP contribution is 2.35. The van der Waals surface area contributed by atoms with Crippen molar-refractivity contribution in [1.82, 2.24) is 4.31 Å². The summed E-state index contributed by atoms with van der Waals surface area (Å²) in [5.74, 6) is -0.408. The van der Waals surface area contributed by atoms with Crippen LogP contribution in [0.4, 0.5) is 13.2 Å². The van der Waals surface area contributed by atoms with Crippen LogP contribution in [0.1, 0.15) is 30.9 Å². The number of aryl methyl sites for hydroxylation is 1. The normalized spacial score (nSPS) is 17.3. The summed E-state index contributed by atoms with van der Waals surface area (Å²) in [6, 6.07) is 11.9. The number of Topliss-reactive ketones (excluding diaryl/α,β-unsaturated/α-hetero) is 1. The molecule has 168 valence electrons. The van der Waals surface area contributed by atoms with E-state index in [-0.39, 0.29) is 35.9 Å². The lowest BCUT2D eigenvalue weighted by atomic mass is 9.75. The Morgan fingerprint density at radius 3 is 2.10 bits per heavy atom. The molecule has 0 amide bonds. The molecule has 1 aliphatic heterocycles. The molecular formula is C22H24F3NO4S. The topological polar surface area (TPSA) is 63.7 Å². The molecule has 0 bridgehead atoms. The minimum absolute atomic E-state index is 0.0630. The summed E-state index contributed by atoms with van der Waals surface area (Å²) in [6.07, 6.45) is -3.94. The number of sulfonamides is 1. The molecule has 0 unspecified atom stereocenters. The molecule has 2 aromatic carbocycles. The van der Waals surface area contributed by atoms with Gasteiger partial charge in [-0.05, 0) is 49.6 Å². The molecule has 9 heteroatoms. The van der Waals surface area contributed by atoms with Crippen molar-refractivity contribution in [2.45, 2.75) is 44.4 Å². The van der Waals surface area contributed by atoms with Gasteiger partial charge in [-0.1, -0.05) is 36.8 Å². The molecule has 3 rings (SSSR count). The molecule has 0 aromatic heterocycles. The zero-order chi connectivity index (χ0) is 22.9. The minimum Gasteiger partial charge on any atom is -0.406 e. The van der Waals surface area contributed by atoms with Gasteiger partial charge in [-0.15, -0.1) is 13.2 Å². The SMILES string of the molecule is Cc1ccc(S(=O)(=O)N2CCC(C)(C(=O)Cc3ccc(OC(F)(F)F)cc3)CC2)cc1. The summed E-state index contributed by atoms with van der Waals surface area (Å²) in [7, 11) is -3.62. The highest BCUT2D eigenvalue weighted by Gasteiger charge is 2.40. The van der Waals surface area contributed by atoms with Crippen molar-refractivity contribution in [2.75, 3.05) is 13.1 Å². The average molecular weight is 455 g/mol. The number of ketones is 1. The summed E-state index contributed by atoms with van der Waals surface area (Å²) in [4.78, 5) is 13.1. The Labute approximate surface area is 179 Å². The number of nitrogens with zero attached hydrogens (tertiary/aromatic N) is 1. The highest BCUT2D eigenvalue weighted by molar-refractivity contribution is 7.89. The summed E-state index contributed by atoms with van der Waals surface area (Å²) in [5.41, 5.74) is 0.852. The van der Waals surface area contributed by atoms with Gasteiger partial charge in [0.05, 0.1) is 4.90 Å². The van der Waals surface area contributed by atoms with Gasteiger partial charge < -0.3 is 4.74 Å². The minimum atomic E-state index is -4.77. The van der Waals surface area contributed by atoms with E-state index in [9.17, 15) is 26.4 Å². The van der Waals surface area contributed by atoms with Crippen LogP contribution in [0.15, 0.2) is 53.4 Å². The molecule has 1 heterocycles. The van der Waals surface area contributed by atoms with Crippen LogP contribution in [-0.4, -0.2) is 38.0 Å². The molecule has 5 nitrogen and oxygen atoms in total. The van der Waals surface area contributed by atoms with Crippen molar-refractivity contribution in [3.8, 4) is 5.75 Å². The number of benzene rings is 2. The fraction of sp³-hybridized carbons (Fsp3) is 0.409. The van der Waals surface area contributed by atoms with Crippen molar-refractivity contribution >= 4 is 15.8 Å². The number of hydrogen-bond acceptors (Lipinski definition) is 4. The van der Waals surface area contributed by atoms with E-state index in [2.05, 4.69) is 4.74 Å². The third-order valence-corrected chi connectivity index (χ3v) is 7.59. The number of rotatable bonds is 6. The van der Waals surface area contributed by atoms with E-state index in [4.69, 9.17) is 0 Å². The first-order valence-electron chi connectivity index (χ1n) is 9.84. The smallest absolute Gasteiger partial charge is 0.406 e. The van der Waals surface area contributed by atoms with Gasteiger partial charge >= 0.3 is 6.36 Å². The Kier molecular flexibility index (Phi) is 6.48. The van der Waals surface area contributed by atoms with Crippen LogP contribution in [0.25, 0.3) is 0 Å². The van der Waals surface area contributed by atoms with E-state index < -0.39 is 21.8 Å². The largest absolute Gasteiger partial charge is 0.573 e. The van der Waals surface area contributed by atoms with Crippen LogP contribution in [0.3, 0.4) is 0 Å². The first-order valence-corrected chi connectivity index (χ1v) is 11.3. The number of hydrogen-bond donors (Lipinski definition) is 0. The predicted molar refractivity (Wildman–Crippen MR) is 109 cm³/mol. The molecule has 31 heavy (non-hydrogen) atoms. The predicted octanol–water partition coefficient (Wildman–Crippen LogP) is 4.50. The Bertz CT molecular complexity index is 1020. The molecule has 1 saturated heterocycles. The molecule has 1 fully saturated rings. The van der Waals surface area contributed by atoms with E-state index in [1.165, 1.54) is 28.6 Å². The zero-order valence-corrected chi connectivity index (χ0v) is 18.1. The monoisotopic (exact) mass is 455 g/mol. The van der Waals surface area contributed by atoms with E-state index in [0.29, 0.717) is 18.4 Å². The van der Waals surface area contributed by atoms with Crippen LogP contribution in [0.5, 0.6) is 5.75 Å². The Hall–Kier alpha value is -2.39. The number of piperidine rings is 1. The zero-order valence-electron chi connectivity index (χ0n) is 17.3. The Balaban J connectivity index is 1.62. The standard InChI is InChI=1S/C22H24F3NO4S/c1-16-3-9-19(10-4-16)31(28,29)26-13-11-21(2,12-14-26)20(27)15-17-5-7-18(8-6-17)30-22(23,24)25/h3-10H,11-15H2,1-2H3. The van der Waals surface area contributed by atoms with Gasteiger partial charge in [0.25, 0.3) is 0 Å². The van der Waals surface area contributed by atoms with Crippen molar-refractivity contribution in [1.29, 1.82) is 0 Å². The second-order valence-corrected chi connectivity index (χ2v) is 10.0. The molecule has 0 radical (unpaired) electrons. The van der Waals surface area contributed by atoms with E-state index >= 15 is 0 Å². The number of carbonyl (C=O) groups excluding carboxylic acids is 1. The van der Waals surface area contributed by atoms with Crippen molar-refractivity contribution < 1.29 is 31.1 Å². The Morgan fingerprint density at radius 1 is 1.03 bits per heavy atom. The molecule has 0 saturated carbocycles. The molecule has 0 atom stereocenters. The summed E-state index contributed by atoms with van der Waals surface area (Å²) in [5, 5.41) is 0. The Morgan fingerprint density at radius 2 is 1.58 bits per heavy atom. The van der Waals surface area contributed by atoms with Crippen molar-refractivity contribution in [3.63, 3.8) is 0 Å². The second-order valence-electron chi connectivity index (χ2n) is 8.07. The molecule has 0 spiro atoms. The van der Waals surface area contributed by atoms with Crippen LogP contribution >= 0.6 is 0 Å². The lowest BCUT2D eigenvalue weighted by molar-refractivity contribution is -0.274. The average Bonchev–Trinajstić information content (AvgIpc) is 2.69. The van der Waals surface area contributed by atoms with Gasteiger partial charge in [-0.25, -0.2) is 8.42 Å². The molecular weight excluding hydrogens is 431 g/mol. The lowest BCUT2D eigenvalue weighted by Gasteiger charge is -2.37. The summed E-state index contributed by atoms with van der Waals surface area (Å²) < 4.78 is 67.7. The van der Waals surface area contributed by atoms with E-state index in [1.807, 2.05) is 13.8 Å². The molecule has 1 aliphatic rings. The molecule has 2 aromatic rings. The highest BCUT2D eigenvalue weighted by atomic mass is 32.2. The first kappa shape index (κ1) is 23.3. The van der Waals surface area contributed by atoms with Gasteiger partial charge in [-0.2, -0.15) is 4.31 Å². The summed E-state index contributed by atoms with van der Waals surface area (Å²) >= 11 is 0. The van der Waals surface area contributed by atoms with Crippen LogP contribution in [0, 0.1) is 12.3 Å². The van der Waals surface area contributed by atoms with Crippen LogP contribution < -0.4 is 4.74 Å². The van der Waals surface area contributed by atoms with E-state index in [0.717, 1.165) is 5.56 Å². The van der Waals surface area contributed by atoms with Crippen LogP contribution in [0.2, 0.25) is 0 Å². The van der Waals surface area contributed by atoms with Gasteiger partial charge in [-0.3, -0.25) is 4.79 Å². The van der Waals surface area contributed by atoms with Gasteiger partial charge in [0.1, 0.15) is 11.5 Å². The van der Waals surface area contributed by atoms with Gasteiger partial charge in [0, 0.05) is 24.9 Å². The third-order valence-electron chi connectivity index (χ3n) is 5.68. The maximum Gasteiger partial charge on any atom is 0.573 e. The number of halogens is 3. The fourth-order valence-electron chi connectivity index (χ4n) is 3.57. The maximum absolute atomic E-state index is 12.9. The fourth-order valence-corrected chi connectivity index (χ4v) is 5.01. The quantitative estimate of drug-likeness (QED) is 0.644. The maximum atomic E-state index is 12.9. The second kappa shape index (κ2) is 8.63. The number of ether oxygens (including phenoxy) is 1. The van der Waals surface area contributed by atoms with Gasteiger partial charge in [0.15, 0.2) is 0 Å². The molecule has 0 aliphatic carbocycles. The van der Waals surface area contributed by atoms with Crippen LogP contribution in [-0.2, 0) is 21.2 Å².